The van der Waals surface area contributed by atoms with E-state index in [9.17, 15) is 0 Å². The van der Waals surface area contributed by atoms with Crippen LogP contribution in [0.3, 0.4) is 0 Å². The van der Waals surface area contributed by atoms with Gasteiger partial charge in [-0.3, -0.25) is 0 Å². The minimum absolute atomic E-state index is 0.903. The van der Waals surface area contributed by atoms with Gasteiger partial charge >= 0.3 is 0 Å². The Hall–Kier alpha value is -5.80. The number of nitrogens with one attached hydrogen (secondary N) is 1. The van der Waals surface area contributed by atoms with E-state index >= 15 is 0 Å². The van der Waals surface area contributed by atoms with Gasteiger partial charge in [0, 0.05) is 44.2 Å². The van der Waals surface area contributed by atoms with Crippen LogP contribution >= 0.6 is 0 Å². The molecule has 7 aromatic carbocycles. The van der Waals surface area contributed by atoms with Crippen LogP contribution in [0.5, 0.6) is 0 Å². The van der Waals surface area contributed by atoms with Gasteiger partial charge in [-0.2, -0.15) is 0 Å². The average molecular weight is 551 g/mol. The summed E-state index contributed by atoms with van der Waals surface area (Å²) in [6.45, 7) is 0. The molecule has 43 heavy (non-hydrogen) atoms. The number of rotatable bonds is 4. The second-order valence-electron chi connectivity index (χ2n) is 11.1. The Morgan fingerprint density at radius 1 is 0.465 bits per heavy atom. The van der Waals surface area contributed by atoms with Crippen molar-refractivity contribution in [3.8, 4) is 16.8 Å². The molecule has 0 unspecified atom stereocenters. The molecule has 3 nitrogen and oxygen atoms in total. The number of benzene rings is 7. The monoisotopic (exact) mass is 550 g/mol. The fourth-order valence-electron chi connectivity index (χ4n) is 6.54. The topological polar surface area (TPSA) is 30.1 Å². The third kappa shape index (κ3) is 3.83. The van der Waals surface area contributed by atoms with Gasteiger partial charge in [0.2, 0.25) is 0 Å². The first-order chi connectivity index (χ1) is 21.3. The van der Waals surface area contributed by atoms with Crippen molar-refractivity contribution < 1.29 is 4.42 Å². The lowest BCUT2D eigenvalue weighted by molar-refractivity contribution is 0.669. The van der Waals surface area contributed by atoms with Gasteiger partial charge in [-0.05, 0) is 83.1 Å². The van der Waals surface area contributed by atoms with E-state index in [2.05, 4.69) is 162 Å². The van der Waals surface area contributed by atoms with E-state index in [-0.39, 0.29) is 0 Å². The van der Waals surface area contributed by atoms with Gasteiger partial charge in [-0.25, -0.2) is 0 Å². The summed E-state index contributed by atoms with van der Waals surface area (Å²) in [5.41, 5.74) is 9.78. The Balaban J connectivity index is 1.15. The number of hydrogen-bond donors (Lipinski definition) is 1. The van der Waals surface area contributed by atoms with Crippen molar-refractivity contribution in [2.75, 3.05) is 5.32 Å². The Bertz CT molecular complexity index is 2480. The fourth-order valence-corrected chi connectivity index (χ4v) is 6.54. The molecule has 0 aliphatic rings. The summed E-state index contributed by atoms with van der Waals surface area (Å²) >= 11 is 0. The number of aromatic nitrogens is 1. The highest BCUT2D eigenvalue weighted by Crippen LogP contribution is 2.39. The summed E-state index contributed by atoms with van der Waals surface area (Å²) in [5, 5.41) is 10.9. The number of para-hydroxylation sites is 3. The molecular weight excluding hydrogens is 524 g/mol. The van der Waals surface area contributed by atoms with E-state index in [4.69, 9.17) is 4.42 Å². The van der Waals surface area contributed by atoms with Crippen LogP contribution in [0.1, 0.15) is 0 Å². The molecule has 1 N–H and O–H groups in total. The minimum atomic E-state index is 0.903. The van der Waals surface area contributed by atoms with E-state index in [0.717, 1.165) is 50.1 Å². The van der Waals surface area contributed by atoms with Crippen LogP contribution in [0.2, 0.25) is 0 Å². The standard InChI is InChI=1S/C40H26N2O/c1-2-12-30(13-3-1)42-37-17-9-7-15-32(37)33-25-29(19-20-38(33)42)41-36-16-8-6-14-31(36)28-18-21-39-34(23-28)35-22-26-10-4-5-11-27(26)24-40(35)43-39/h1-25,41H. The van der Waals surface area contributed by atoms with E-state index in [1.165, 1.54) is 32.6 Å². The molecule has 0 atom stereocenters. The third-order valence-electron chi connectivity index (χ3n) is 8.54. The molecule has 0 radical (unpaired) electrons. The molecule has 0 spiro atoms. The van der Waals surface area contributed by atoms with Gasteiger partial charge in [0.1, 0.15) is 11.2 Å². The Morgan fingerprint density at radius 2 is 1.19 bits per heavy atom. The molecule has 0 saturated carbocycles. The number of nitrogens with zero attached hydrogens (tertiary/aromatic N) is 1. The smallest absolute Gasteiger partial charge is 0.136 e. The maximum absolute atomic E-state index is 6.27. The van der Waals surface area contributed by atoms with Crippen molar-refractivity contribution in [2.24, 2.45) is 0 Å². The Kier molecular flexibility index (Phi) is 5.20. The van der Waals surface area contributed by atoms with E-state index in [1.807, 2.05) is 0 Å². The lowest BCUT2D eigenvalue weighted by Crippen LogP contribution is -1.95. The molecule has 2 heterocycles. The zero-order valence-electron chi connectivity index (χ0n) is 23.3. The zero-order chi connectivity index (χ0) is 28.3. The van der Waals surface area contributed by atoms with Crippen molar-refractivity contribution in [3.63, 3.8) is 0 Å². The van der Waals surface area contributed by atoms with Gasteiger partial charge < -0.3 is 14.3 Å². The van der Waals surface area contributed by atoms with Crippen LogP contribution in [-0.2, 0) is 0 Å². The molecule has 0 aliphatic carbocycles. The van der Waals surface area contributed by atoms with Crippen molar-refractivity contribution in [3.05, 3.63) is 152 Å². The molecule has 9 aromatic rings. The highest BCUT2D eigenvalue weighted by molar-refractivity contribution is 6.12. The summed E-state index contributed by atoms with van der Waals surface area (Å²) in [6.07, 6.45) is 0. The minimum Gasteiger partial charge on any atom is -0.456 e. The maximum atomic E-state index is 6.27. The lowest BCUT2D eigenvalue weighted by Gasteiger charge is -2.13. The Morgan fingerprint density at radius 3 is 2.09 bits per heavy atom. The predicted octanol–water partition coefficient (Wildman–Crippen LogP) is 11.2. The molecule has 0 fully saturated rings. The SMILES string of the molecule is c1ccc(-n2c3ccccc3c3cc(Nc4ccccc4-c4ccc5oc6cc7ccccc7cc6c5c4)ccc32)cc1. The van der Waals surface area contributed by atoms with Crippen LogP contribution in [0.4, 0.5) is 11.4 Å². The van der Waals surface area contributed by atoms with Crippen LogP contribution in [-0.4, -0.2) is 4.57 Å². The van der Waals surface area contributed by atoms with E-state index in [0.29, 0.717) is 0 Å². The highest BCUT2D eigenvalue weighted by Gasteiger charge is 2.14. The summed E-state index contributed by atoms with van der Waals surface area (Å²) < 4.78 is 8.61. The van der Waals surface area contributed by atoms with Crippen molar-refractivity contribution >= 4 is 65.9 Å². The third-order valence-corrected chi connectivity index (χ3v) is 8.54. The molecule has 0 amide bonds. The van der Waals surface area contributed by atoms with Crippen LogP contribution in [0, 0.1) is 0 Å². The number of hydrogen-bond acceptors (Lipinski definition) is 2. The number of fused-ring (bicyclic) bond motifs is 7. The first-order valence-electron chi connectivity index (χ1n) is 14.6. The van der Waals surface area contributed by atoms with Gasteiger partial charge in [0.05, 0.1) is 11.0 Å². The van der Waals surface area contributed by atoms with Crippen LogP contribution in [0.25, 0.3) is 71.3 Å². The fraction of sp³-hybridized carbons (Fsp3) is 0. The van der Waals surface area contributed by atoms with E-state index < -0.39 is 0 Å². The maximum Gasteiger partial charge on any atom is 0.136 e. The van der Waals surface area contributed by atoms with Crippen molar-refractivity contribution in [1.82, 2.24) is 4.57 Å². The summed E-state index contributed by atoms with van der Waals surface area (Å²) in [5.74, 6) is 0. The molecule has 0 aliphatic heterocycles. The molecule has 2 aromatic heterocycles. The summed E-state index contributed by atoms with van der Waals surface area (Å²) in [4.78, 5) is 0. The van der Waals surface area contributed by atoms with Gasteiger partial charge in [-0.1, -0.05) is 84.9 Å². The normalized spacial score (nSPS) is 11.7. The second-order valence-corrected chi connectivity index (χ2v) is 11.1. The summed E-state index contributed by atoms with van der Waals surface area (Å²) in [7, 11) is 0. The molecule has 3 heteroatoms. The zero-order valence-corrected chi connectivity index (χ0v) is 23.3. The highest BCUT2D eigenvalue weighted by atomic mass is 16.3. The van der Waals surface area contributed by atoms with Crippen LogP contribution < -0.4 is 5.32 Å². The number of furan rings is 1. The predicted molar refractivity (Wildman–Crippen MR) is 181 cm³/mol. The lowest BCUT2D eigenvalue weighted by atomic mass is 10.00. The van der Waals surface area contributed by atoms with Gasteiger partial charge in [0.15, 0.2) is 0 Å². The average Bonchev–Trinajstić information content (AvgIpc) is 3.58. The van der Waals surface area contributed by atoms with Crippen molar-refractivity contribution in [2.45, 2.75) is 0 Å². The Labute approximate surface area is 248 Å². The van der Waals surface area contributed by atoms with Gasteiger partial charge in [0.25, 0.3) is 0 Å². The molecule has 202 valence electrons. The van der Waals surface area contributed by atoms with Crippen LogP contribution in [0.15, 0.2) is 156 Å². The number of anilines is 2. The summed E-state index contributed by atoms with van der Waals surface area (Å²) in [6, 6.07) is 53.7. The molecule has 0 bridgehead atoms. The second kappa shape index (κ2) is 9.37. The van der Waals surface area contributed by atoms with Gasteiger partial charge in [-0.15, -0.1) is 0 Å². The first-order valence-corrected chi connectivity index (χ1v) is 14.6. The quantitative estimate of drug-likeness (QED) is 0.236. The molecular formula is C40H26N2O. The largest absolute Gasteiger partial charge is 0.456 e. The van der Waals surface area contributed by atoms with E-state index in [1.54, 1.807) is 0 Å². The van der Waals surface area contributed by atoms with Crippen molar-refractivity contribution in [1.29, 1.82) is 0 Å². The first kappa shape index (κ1) is 23.9. The molecule has 9 rings (SSSR count). The molecule has 0 saturated heterocycles.